The van der Waals surface area contributed by atoms with Crippen LogP contribution >= 0.6 is 0 Å². The van der Waals surface area contributed by atoms with E-state index in [0.29, 0.717) is 38.8 Å². The van der Waals surface area contributed by atoms with E-state index in [9.17, 15) is 14.7 Å². The molecule has 0 radical (unpaired) electrons. The van der Waals surface area contributed by atoms with E-state index < -0.39 is 0 Å². The Labute approximate surface area is 95.6 Å². The van der Waals surface area contributed by atoms with Crippen LogP contribution in [0.3, 0.4) is 0 Å². The molecule has 5 heteroatoms. The maximum Gasteiger partial charge on any atom is 0.224 e. The molecule has 2 amide bonds. The molecule has 0 spiro atoms. The first kappa shape index (κ1) is 13.0. The van der Waals surface area contributed by atoms with E-state index in [0.717, 1.165) is 0 Å². The van der Waals surface area contributed by atoms with Crippen LogP contribution in [0.4, 0.5) is 0 Å². The minimum absolute atomic E-state index is 0.0189. The number of piperidine rings is 1. The molecule has 0 aliphatic carbocycles. The predicted molar refractivity (Wildman–Crippen MR) is 59.7 cm³/mol. The lowest BCUT2D eigenvalue weighted by molar-refractivity contribution is -0.128. The fraction of sp³-hybridized carbons (Fsp3) is 0.818. The van der Waals surface area contributed by atoms with Crippen LogP contribution in [0.5, 0.6) is 0 Å². The minimum Gasteiger partial charge on any atom is -0.393 e. The molecule has 2 unspecified atom stereocenters. The number of carbonyl (C=O) groups excluding carboxylic acids is 2. The van der Waals surface area contributed by atoms with Crippen LogP contribution in [0.15, 0.2) is 0 Å². The zero-order valence-corrected chi connectivity index (χ0v) is 9.66. The maximum absolute atomic E-state index is 11.6. The van der Waals surface area contributed by atoms with Gasteiger partial charge < -0.3 is 15.7 Å². The van der Waals surface area contributed by atoms with Gasteiger partial charge in [-0.15, -0.1) is 0 Å². The number of carbonyl (C=O) groups is 2. The minimum atomic E-state index is -0.341. The second-order valence-electron chi connectivity index (χ2n) is 4.18. The van der Waals surface area contributed by atoms with Crippen LogP contribution in [0, 0.1) is 5.92 Å². The molecule has 1 rings (SSSR count). The van der Waals surface area contributed by atoms with E-state index in [1.807, 2.05) is 6.92 Å². The second-order valence-corrected chi connectivity index (χ2v) is 4.18. The third-order valence-corrected chi connectivity index (χ3v) is 2.88. The van der Waals surface area contributed by atoms with Crippen molar-refractivity contribution in [3.05, 3.63) is 0 Å². The SMILES string of the molecule is CCC(O)CCNC(=O)C1CCC(=O)NC1. The zero-order chi connectivity index (χ0) is 12.0. The van der Waals surface area contributed by atoms with Crippen molar-refractivity contribution < 1.29 is 14.7 Å². The van der Waals surface area contributed by atoms with Gasteiger partial charge in [-0.25, -0.2) is 0 Å². The smallest absolute Gasteiger partial charge is 0.224 e. The summed E-state index contributed by atoms with van der Waals surface area (Å²) in [6, 6.07) is 0. The molecule has 0 aromatic rings. The van der Waals surface area contributed by atoms with Crippen LogP contribution in [-0.4, -0.2) is 36.1 Å². The maximum atomic E-state index is 11.6. The average Bonchev–Trinajstić information content (AvgIpc) is 2.29. The molecule has 0 aromatic heterocycles. The van der Waals surface area contributed by atoms with Gasteiger partial charge in [-0.05, 0) is 19.3 Å². The quantitative estimate of drug-likeness (QED) is 0.609. The molecule has 5 nitrogen and oxygen atoms in total. The first-order valence-electron chi connectivity index (χ1n) is 5.86. The van der Waals surface area contributed by atoms with Gasteiger partial charge in [-0.2, -0.15) is 0 Å². The molecule has 1 saturated heterocycles. The Morgan fingerprint density at radius 3 is 3.00 bits per heavy atom. The van der Waals surface area contributed by atoms with Crippen molar-refractivity contribution in [1.29, 1.82) is 0 Å². The molecule has 16 heavy (non-hydrogen) atoms. The van der Waals surface area contributed by atoms with Crippen molar-refractivity contribution in [3.8, 4) is 0 Å². The van der Waals surface area contributed by atoms with Crippen LogP contribution in [0.25, 0.3) is 0 Å². The highest BCUT2D eigenvalue weighted by Crippen LogP contribution is 2.10. The molecule has 1 fully saturated rings. The van der Waals surface area contributed by atoms with Crippen LogP contribution < -0.4 is 10.6 Å². The van der Waals surface area contributed by atoms with Crippen LogP contribution in [0.1, 0.15) is 32.6 Å². The van der Waals surface area contributed by atoms with Gasteiger partial charge in [0.05, 0.1) is 12.0 Å². The van der Waals surface area contributed by atoms with Crippen LogP contribution in [0.2, 0.25) is 0 Å². The fourth-order valence-electron chi connectivity index (χ4n) is 1.67. The van der Waals surface area contributed by atoms with Crippen molar-refractivity contribution in [2.45, 2.75) is 38.7 Å². The van der Waals surface area contributed by atoms with Gasteiger partial charge in [-0.1, -0.05) is 6.92 Å². The van der Waals surface area contributed by atoms with E-state index in [2.05, 4.69) is 10.6 Å². The number of rotatable bonds is 5. The summed E-state index contributed by atoms with van der Waals surface area (Å²) < 4.78 is 0. The number of aliphatic hydroxyl groups is 1. The molecule has 3 N–H and O–H groups in total. The number of hydrogen-bond donors (Lipinski definition) is 3. The van der Waals surface area contributed by atoms with Crippen LogP contribution in [-0.2, 0) is 9.59 Å². The molecule has 0 aromatic carbocycles. The zero-order valence-electron chi connectivity index (χ0n) is 9.66. The number of hydrogen-bond acceptors (Lipinski definition) is 3. The molecule has 1 heterocycles. The summed E-state index contributed by atoms with van der Waals surface area (Å²) in [5.74, 6) is -0.120. The Morgan fingerprint density at radius 2 is 2.44 bits per heavy atom. The summed E-state index contributed by atoms with van der Waals surface area (Å²) >= 11 is 0. The van der Waals surface area contributed by atoms with Gasteiger partial charge in [-0.3, -0.25) is 9.59 Å². The molecule has 1 aliphatic rings. The molecule has 0 bridgehead atoms. The standard InChI is InChI=1S/C11H20N2O3/c1-2-9(14)5-6-12-11(16)8-3-4-10(15)13-7-8/h8-9,14H,2-7H2,1H3,(H,12,16)(H,13,15). The Bertz CT molecular complexity index is 246. The van der Waals surface area contributed by atoms with Gasteiger partial charge in [0.15, 0.2) is 0 Å². The highest BCUT2D eigenvalue weighted by atomic mass is 16.3. The molecule has 92 valence electrons. The van der Waals surface area contributed by atoms with Crippen molar-refractivity contribution >= 4 is 11.8 Å². The Hall–Kier alpha value is -1.10. The Kier molecular flexibility index (Phi) is 5.25. The lowest BCUT2D eigenvalue weighted by Gasteiger charge is -2.21. The Balaban J connectivity index is 2.17. The lowest BCUT2D eigenvalue weighted by atomic mass is 9.98. The fourth-order valence-corrected chi connectivity index (χ4v) is 1.67. The topological polar surface area (TPSA) is 78.4 Å². The number of nitrogens with one attached hydrogen (secondary N) is 2. The van der Waals surface area contributed by atoms with E-state index >= 15 is 0 Å². The molecule has 2 atom stereocenters. The first-order chi connectivity index (χ1) is 7.63. The van der Waals surface area contributed by atoms with Gasteiger partial charge in [0.1, 0.15) is 0 Å². The predicted octanol–water partition coefficient (Wildman–Crippen LogP) is -0.210. The van der Waals surface area contributed by atoms with E-state index in [1.165, 1.54) is 0 Å². The molecular formula is C11H20N2O3. The van der Waals surface area contributed by atoms with E-state index in [1.54, 1.807) is 0 Å². The van der Waals surface area contributed by atoms with Gasteiger partial charge in [0.2, 0.25) is 11.8 Å². The van der Waals surface area contributed by atoms with E-state index in [4.69, 9.17) is 0 Å². The molecule has 0 saturated carbocycles. The lowest BCUT2D eigenvalue weighted by Crippen LogP contribution is -2.43. The molecular weight excluding hydrogens is 208 g/mol. The van der Waals surface area contributed by atoms with Crippen molar-refractivity contribution in [2.24, 2.45) is 5.92 Å². The number of amides is 2. The van der Waals surface area contributed by atoms with Gasteiger partial charge in [0, 0.05) is 19.5 Å². The highest BCUT2D eigenvalue weighted by molar-refractivity contribution is 5.83. The largest absolute Gasteiger partial charge is 0.393 e. The summed E-state index contributed by atoms with van der Waals surface area (Å²) in [4.78, 5) is 22.5. The second kappa shape index (κ2) is 6.48. The first-order valence-corrected chi connectivity index (χ1v) is 5.86. The summed E-state index contributed by atoms with van der Waals surface area (Å²) in [5.41, 5.74) is 0. The Morgan fingerprint density at radius 1 is 1.69 bits per heavy atom. The normalized spacial score (nSPS) is 22.4. The average molecular weight is 228 g/mol. The third kappa shape index (κ3) is 4.18. The van der Waals surface area contributed by atoms with Gasteiger partial charge >= 0.3 is 0 Å². The summed E-state index contributed by atoms with van der Waals surface area (Å²) in [6.07, 6.45) is 1.99. The van der Waals surface area contributed by atoms with Gasteiger partial charge in [0.25, 0.3) is 0 Å². The summed E-state index contributed by atoms with van der Waals surface area (Å²) in [6.45, 7) is 2.84. The third-order valence-electron chi connectivity index (χ3n) is 2.88. The number of aliphatic hydroxyl groups excluding tert-OH is 1. The van der Waals surface area contributed by atoms with Crippen molar-refractivity contribution in [1.82, 2.24) is 10.6 Å². The summed E-state index contributed by atoms with van der Waals surface area (Å²) in [7, 11) is 0. The van der Waals surface area contributed by atoms with E-state index in [-0.39, 0.29) is 23.8 Å². The van der Waals surface area contributed by atoms with Crippen molar-refractivity contribution in [2.75, 3.05) is 13.1 Å². The summed E-state index contributed by atoms with van der Waals surface area (Å²) in [5, 5.41) is 14.8. The monoisotopic (exact) mass is 228 g/mol. The van der Waals surface area contributed by atoms with Crippen molar-refractivity contribution in [3.63, 3.8) is 0 Å². The highest BCUT2D eigenvalue weighted by Gasteiger charge is 2.23. The molecule has 1 aliphatic heterocycles.